The molecule has 3 nitrogen and oxygen atoms in total. The van der Waals surface area contributed by atoms with Crippen LogP contribution in [-0.2, 0) is 6.54 Å². The molecule has 2 heterocycles. The Hall–Kier alpha value is -0.640. The maximum absolute atomic E-state index is 5.92. The van der Waals surface area contributed by atoms with E-state index in [1.54, 1.807) is 6.20 Å². The van der Waals surface area contributed by atoms with Crippen molar-refractivity contribution in [2.24, 2.45) is 0 Å². The van der Waals surface area contributed by atoms with E-state index in [1.807, 2.05) is 12.1 Å². The highest BCUT2D eigenvalue weighted by Crippen LogP contribution is 2.11. The van der Waals surface area contributed by atoms with Gasteiger partial charge in [-0.25, -0.2) is 0 Å². The van der Waals surface area contributed by atoms with Crippen molar-refractivity contribution >= 4 is 11.6 Å². The lowest BCUT2D eigenvalue weighted by atomic mass is 10.2. The fourth-order valence-corrected chi connectivity index (χ4v) is 2.10. The Bertz CT molecular complexity index is 329. The Balaban J connectivity index is 1.96. The summed E-state index contributed by atoms with van der Waals surface area (Å²) in [5.41, 5.74) is 1.05. The first kappa shape index (κ1) is 10.9. The summed E-state index contributed by atoms with van der Waals surface area (Å²) in [6, 6.07) is 4.32. The van der Waals surface area contributed by atoms with Crippen LogP contribution in [0.15, 0.2) is 18.3 Å². The standard InChI is InChI=1S/C11H16ClN3/c1-9-7-15(5-4-13-9)8-11-6-10(12)2-3-14-11/h2-3,6,9,13H,4-5,7-8H2,1H3. The lowest BCUT2D eigenvalue weighted by Crippen LogP contribution is -2.48. The summed E-state index contributed by atoms with van der Waals surface area (Å²) in [4.78, 5) is 6.71. The van der Waals surface area contributed by atoms with E-state index in [0.29, 0.717) is 6.04 Å². The van der Waals surface area contributed by atoms with Crippen LogP contribution in [0.3, 0.4) is 0 Å². The fraction of sp³-hybridized carbons (Fsp3) is 0.545. The quantitative estimate of drug-likeness (QED) is 0.828. The summed E-state index contributed by atoms with van der Waals surface area (Å²) in [6.07, 6.45) is 1.77. The number of piperazine rings is 1. The zero-order valence-corrected chi connectivity index (χ0v) is 9.67. The van der Waals surface area contributed by atoms with E-state index >= 15 is 0 Å². The molecule has 1 unspecified atom stereocenters. The van der Waals surface area contributed by atoms with E-state index in [9.17, 15) is 0 Å². The van der Waals surface area contributed by atoms with E-state index < -0.39 is 0 Å². The van der Waals surface area contributed by atoms with Gasteiger partial charge in [0.25, 0.3) is 0 Å². The molecule has 1 aromatic rings. The summed E-state index contributed by atoms with van der Waals surface area (Å²) < 4.78 is 0. The lowest BCUT2D eigenvalue weighted by molar-refractivity contribution is 0.197. The molecule has 2 rings (SSSR count). The molecule has 82 valence electrons. The third kappa shape index (κ3) is 3.16. The van der Waals surface area contributed by atoms with Crippen LogP contribution in [0.2, 0.25) is 5.02 Å². The molecule has 15 heavy (non-hydrogen) atoms. The van der Waals surface area contributed by atoms with Crippen LogP contribution in [0, 0.1) is 0 Å². The normalized spacial score (nSPS) is 22.9. The van der Waals surface area contributed by atoms with E-state index in [-0.39, 0.29) is 0 Å². The molecule has 0 aromatic carbocycles. The van der Waals surface area contributed by atoms with Crippen LogP contribution in [0.25, 0.3) is 0 Å². The van der Waals surface area contributed by atoms with Gasteiger partial charge >= 0.3 is 0 Å². The number of hydrogen-bond acceptors (Lipinski definition) is 3. The van der Waals surface area contributed by atoms with E-state index in [2.05, 4.69) is 22.1 Å². The maximum Gasteiger partial charge on any atom is 0.0558 e. The Kier molecular flexibility index (Phi) is 3.57. The first-order valence-electron chi connectivity index (χ1n) is 5.30. The summed E-state index contributed by atoms with van der Waals surface area (Å²) in [5, 5.41) is 4.19. The average Bonchev–Trinajstić information content (AvgIpc) is 2.17. The minimum absolute atomic E-state index is 0.568. The van der Waals surface area contributed by atoms with Crippen LogP contribution in [0.4, 0.5) is 0 Å². The van der Waals surface area contributed by atoms with Gasteiger partial charge in [0.15, 0.2) is 0 Å². The number of nitrogens with zero attached hydrogens (tertiary/aromatic N) is 2. The van der Waals surface area contributed by atoms with E-state index in [1.165, 1.54) is 0 Å². The predicted molar refractivity (Wildman–Crippen MR) is 62.0 cm³/mol. The van der Waals surface area contributed by atoms with Gasteiger partial charge in [-0.15, -0.1) is 0 Å². The van der Waals surface area contributed by atoms with Crippen molar-refractivity contribution in [1.82, 2.24) is 15.2 Å². The molecule has 1 aromatic heterocycles. The Morgan fingerprint density at radius 3 is 3.27 bits per heavy atom. The van der Waals surface area contributed by atoms with Crippen molar-refractivity contribution < 1.29 is 0 Å². The molecular weight excluding hydrogens is 210 g/mol. The molecule has 1 saturated heterocycles. The molecule has 0 saturated carbocycles. The SMILES string of the molecule is CC1CN(Cc2cc(Cl)ccn2)CCN1. The van der Waals surface area contributed by atoms with Gasteiger partial charge in [0.05, 0.1) is 5.69 Å². The monoisotopic (exact) mass is 225 g/mol. The molecule has 1 aliphatic heterocycles. The molecule has 1 fully saturated rings. The second-order valence-corrected chi connectivity index (χ2v) is 4.49. The molecule has 1 N–H and O–H groups in total. The first-order valence-corrected chi connectivity index (χ1v) is 5.68. The van der Waals surface area contributed by atoms with Crippen LogP contribution in [0.5, 0.6) is 0 Å². The second kappa shape index (κ2) is 4.92. The van der Waals surface area contributed by atoms with Crippen molar-refractivity contribution in [3.05, 3.63) is 29.0 Å². The smallest absolute Gasteiger partial charge is 0.0558 e. The third-order valence-electron chi connectivity index (χ3n) is 2.62. The molecule has 0 amide bonds. The average molecular weight is 226 g/mol. The van der Waals surface area contributed by atoms with Crippen molar-refractivity contribution in [3.63, 3.8) is 0 Å². The van der Waals surface area contributed by atoms with E-state index in [0.717, 1.165) is 36.9 Å². The van der Waals surface area contributed by atoms with Crippen LogP contribution < -0.4 is 5.32 Å². The van der Waals surface area contributed by atoms with Gasteiger partial charge in [-0.3, -0.25) is 9.88 Å². The summed E-state index contributed by atoms with van der Waals surface area (Å²) in [6.45, 7) is 6.32. The molecule has 0 radical (unpaired) electrons. The molecule has 1 atom stereocenters. The van der Waals surface area contributed by atoms with E-state index in [4.69, 9.17) is 11.6 Å². The zero-order valence-electron chi connectivity index (χ0n) is 8.91. The molecule has 0 bridgehead atoms. The molecular formula is C11H16ClN3. The largest absolute Gasteiger partial charge is 0.312 e. The Labute approximate surface area is 95.4 Å². The van der Waals surface area contributed by atoms with Gasteiger partial charge in [-0.2, -0.15) is 0 Å². The van der Waals surface area contributed by atoms with Crippen molar-refractivity contribution in [2.75, 3.05) is 19.6 Å². The zero-order chi connectivity index (χ0) is 10.7. The maximum atomic E-state index is 5.92. The molecule has 0 spiro atoms. The summed E-state index contributed by atoms with van der Waals surface area (Å²) >= 11 is 5.92. The highest BCUT2D eigenvalue weighted by molar-refractivity contribution is 6.30. The Morgan fingerprint density at radius 1 is 1.67 bits per heavy atom. The number of rotatable bonds is 2. The van der Waals surface area contributed by atoms with Crippen LogP contribution in [0.1, 0.15) is 12.6 Å². The fourth-order valence-electron chi connectivity index (χ4n) is 1.92. The Morgan fingerprint density at radius 2 is 2.53 bits per heavy atom. The number of hydrogen-bond donors (Lipinski definition) is 1. The minimum atomic E-state index is 0.568. The molecule has 1 aliphatic rings. The topological polar surface area (TPSA) is 28.2 Å². The van der Waals surface area contributed by atoms with Crippen LogP contribution in [-0.4, -0.2) is 35.6 Å². The van der Waals surface area contributed by atoms with Crippen molar-refractivity contribution in [2.45, 2.75) is 19.5 Å². The first-order chi connectivity index (χ1) is 7.24. The van der Waals surface area contributed by atoms with Gasteiger partial charge in [-0.1, -0.05) is 11.6 Å². The minimum Gasteiger partial charge on any atom is -0.312 e. The van der Waals surface area contributed by atoms with Gasteiger partial charge in [0, 0.05) is 43.4 Å². The highest BCUT2D eigenvalue weighted by Gasteiger charge is 2.15. The van der Waals surface area contributed by atoms with Gasteiger partial charge in [0.1, 0.15) is 0 Å². The van der Waals surface area contributed by atoms with Gasteiger partial charge in [-0.05, 0) is 19.1 Å². The second-order valence-electron chi connectivity index (χ2n) is 4.06. The number of halogens is 1. The summed E-state index contributed by atoms with van der Waals surface area (Å²) in [7, 11) is 0. The third-order valence-corrected chi connectivity index (χ3v) is 2.85. The van der Waals surface area contributed by atoms with Crippen LogP contribution >= 0.6 is 11.6 Å². The molecule has 0 aliphatic carbocycles. The molecule has 4 heteroatoms. The summed E-state index contributed by atoms with van der Waals surface area (Å²) in [5.74, 6) is 0. The number of nitrogens with one attached hydrogen (secondary N) is 1. The highest BCUT2D eigenvalue weighted by atomic mass is 35.5. The van der Waals surface area contributed by atoms with Crippen molar-refractivity contribution in [3.8, 4) is 0 Å². The van der Waals surface area contributed by atoms with Gasteiger partial charge < -0.3 is 5.32 Å². The number of aromatic nitrogens is 1. The van der Waals surface area contributed by atoms with Gasteiger partial charge in [0.2, 0.25) is 0 Å². The van der Waals surface area contributed by atoms with Crippen molar-refractivity contribution in [1.29, 1.82) is 0 Å². The lowest BCUT2D eigenvalue weighted by Gasteiger charge is -2.31. The predicted octanol–water partition coefficient (Wildman–Crippen LogP) is 1.53. The number of pyridine rings is 1.